The number of carbonyl (C=O) groups is 1. The summed E-state index contributed by atoms with van der Waals surface area (Å²) in [5, 5.41) is 12.4. The van der Waals surface area contributed by atoms with Crippen LogP contribution in [0.4, 0.5) is 10.1 Å². The lowest BCUT2D eigenvalue weighted by atomic mass is 10.1. The molecule has 0 aliphatic heterocycles. The van der Waals surface area contributed by atoms with E-state index in [0.29, 0.717) is 0 Å². The molecule has 20 heavy (non-hydrogen) atoms. The summed E-state index contributed by atoms with van der Waals surface area (Å²) >= 11 is 11.5. The van der Waals surface area contributed by atoms with Gasteiger partial charge in [-0.05, 0) is 31.2 Å². The van der Waals surface area contributed by atoms with E-state index < -0.39 is 11.7 Å². The third-order valence-corrected chi connectivity index (χ3v) is 3.15. The molecule has 0 atom stereocenters. The molecule has 0 bridgehead atoms. The molecule has 0 spiro atoms. The Balaban J connectivity index is 2.35. The highest BCUT2D eigenvalue weighted by atomic mass is 35.5. The first-order valence-electron chi connectivity index (χ1n) is 5.64. The number of phenols is 1. The first kappa shape index (κ1) is 14.6. The molecule has 2 aromatic rings. The molecule has 1 amide bonds. The number of anilines is 1. The highest BCUT2D eigenvalue weighted by Crippen LogP contribution is 2.35. The second kappa shape index (κ2) is 5.69. The summed E-state index contributed by atoms with van der Waals surface area (Å²) in [7, 11) is 0. The minimum atomic E-state index is -0.695. The SMILES string of the molecule is Cc1ccc(F)c(C(=O)Nc2cc(Cl)cc(Cl)c2O)c1. The van der Waals surface area contributed by atoms with E-state index in [2.05, 4.69) is 5.32 Å². The van der Waals surface area contributed by atoms with Crippen LogP contribution in [0.3, 0.4) is 0 Å². The Morgan fingerprint density at radius 1 is 1.25 bits per heavy atom. The maximum Gasteiger partial charge on any atom is 0.258 e. The topological polar surface area (TPSA) is 49.3 Å². The third-order valence-electron chi connectivity index (χ3n) is 2.64. The minimum Gasteiger partial charge on any atom is -0.504 e. The van der Waals surface area contributed by atoms with Crippen LogP contribution in [0, 0.1) is 12.7 Å². The highest BCUT2D eigenvalue weighted by molar-refractivity contribution is 6.36. The second-order valence-electron chi connectivity index (χ2n) is 4.22. The molecule has 0 fully saturated rings. The number of benzene rings is 2. The molecule has 3 nitrogen and oxygen atoms in total. The van der Waals surface area contributed by atoms with Crippen LogP contribution in [0.25, 0.3) is 0 Å². The van der Waals surface area contributed by atoms with Gasteiger partial charge in [-0.25, -0.2) is 4.39 Å². The zero-order valence-electron chi connectivity index (χ0n) is 10.4. The number of nitrogens with one attached hydrogen (secondary N) is 1. The number of hydrogen-bond donors (Lipinski definition) is 2. The number of halogens is 3. The second-order valence-corrected chi connectivity index (χ2v) is 5.06. The van der Waals surface area contributed by atoms with Crippen molar-refractivity contribution in [2.45, 2.75) is 6.92 Å². The van der Waals surface area contributed by atoms with E-state index in [9.17, 15) is 14.3 Å². The van der Waals surface area contributed by atoms with Crippen molar-refractivity contribution in [3.8, 4) is 5.75 Å². The molecule has 0 saturated carbocycles. The predicted octanol–water partition coefficient (Wildman–Crippen LogP) is 4.40. The summed E-state index contributed by atoms with van der Waals surface area (Å²) < 4.78 is 13.6. The lowest BCUT2D eigenvalue weighted by molar-refractivity contribution is 0.102. The van der Waals surface area contributed by atoms with Crippen molar-refractivity contribution in [2.75, 3.05) is 5.32 Å². The van der Waals surface area contributed by atoms with Crippen molar-refractivity contribution in [2.24, 2.45) is 0 Å². The molecule has 0 unspecified atom stereocenters. The maximum absolute atomic E-state index is 13.6. The molecule has 0 aromatic heterocycles. The molecule has 0 radical (unpaired) electrons. The summed E-state index contributed by atoms with van der Waals surface area (Å²) in [6, 6.07) is 6.83. The molecular weight excluding hydrogens is 304 g/mol. The first-order valence-corrected chi connectivity index (χ1v) is 6.39. The zero-order chi connectivity index (χ0) is 14.9. The largest absolute Gasteiger partial charge is 0.504 e. The number of rotatable bonds is 2. The fourth-order valence-corrected chi connectivity index (χ4v) is 2.16. The smallest absolute Gasteiger partial charge is 0.258 e. The van der Waals surface area contributed by atoms with E-state index in [4.69, 9.17) is 23.2 Å². The Bertz CT molecular complexity index is 689. The van der Waals surface area contributed by atoms with Gasteiger partial charge >= 0.3 is 0 Å². The Kier molecular flexibility index (Phi) is 4.16. The Hall–Kier alpha value is -1.78. The molecule has 0 aliphatic carbocycles. The molecule has 6 heteroatoms. The normalized spacial score (nSPS) is 10.4. The van der Waals surface area contributed by atoms with E-state index >= 15 is 0 Å². The van der Waals surface area contributed by atoms with Crippen LogP contribution >= 0.6 is 23.2 Å². The quantitative estimate of drug-likeness (QED) is 0.807. The number of carbonyl (C=O) groups excluding carboxylic acids is 1. The Labute approximate surface area is 124 Å². The van der Waals surface area contributed by atoms with E-state index in [1.54, 1.807) is 13.0 Å². The van der Waals surface area contributed by atoms with E-state index in [1.165, 1.54) is 24.3 Å². The van der Waals surface area contributed by atoms with Crippen LogP contribution in [-0.4, -0.2) is 11.0 Å². The van der Waals surface area contributed by atoms with Crippen LogP contribution < -0.4 is 5.32 Å². The van der Waals surface area contributed by atoms with Crippen molar-refractivity contribution >= 4 is 34.8 Å². The van der Waals surface area contributed by atoms with Gasteiger partial charge in [-0.2, -0.15) is 0 Å². The first-order chi connectivity index (χ1) is 9.38. The van der Waals surface area contributed by atoms with Crippen molar-refractivity contribution < 1.29 is 14.3 Å². The summed E-state index contributed by atoms with van der Waals surface area (Å²) in [6.45, 7) is 1.74. The molecule has 2 rings (SSSR count). The molecule has 104 valence electrons. The fourth-order valence-electron chi connectivity index (χ4n) is 1.66. The maximum atomic E-state index is 13.6. The van der Waals surface area contributed by atoms with E-state index in [0.717, 1.165) is 5.56 Å². The number of aromatic hydroxyl groups is 1. The van der Waals surface area contributed by atoms with Crippen molar-refractivity contribution in [3.63, 3.8) is 0 Å². The summed E-state index contributed by atoms with van der Waals surface area (Å²) in [5.74, 6) is -1.67. The van der Waals surface area contributed by atoms with Crippen LogP contribution in [0.15, 0.2) is 30.3 Å². The van der Waals surface area contributed by atoms with Crippen molar-refractivity contribution in [1.29, 1.82) is 0 Å². The number of phenolic OH excluding ortho intramolecular Hbond substituents is 1. The minimum absolute atomic E-state index is 0.00230. The Morgan fingerprint density at radius 2 is 1.95 bits per heavy atom. The average Bonchev–Trinajstić information content (AvgIpc) is 2.38. The number of amides is 1. The molecule has 0 heterocycles. The van der Waals surface area contributed by atoms with Crippen LogP contribution in [0.1, 0.15) is 15.9 Å². The van der Waals surface area contributed by atoms with Crippen molar-refractivity contribution in [3.05, 3.63) is 57.3 Å². The summed E-state index contributed by atoms with van der Waals surface area (Å²) in [4.78, 5) is 12.0. The van der Waals surface area contributed by atoms with Gasteiger partial charge in [-0.3, -0.25) is 4.79 Å². The van der Waals surface area contributed by atoms with E-state index in [1.807, 2.05) is 0 Å². The lowest BCUT2D eigenvalue weighted by Crippen LogP contribution is -2.14. The van der Waals surface area contributed by atoms with Gasteiger partial charge in [-0.15, -0.1) is 0 Å². The summed E-state index contributed by atoms with van der Waals surface area (Å²) in [5.41, 5.74) is 0.638. The van der Waals surface area contributed by atoms with Crippen LogP contribution in [-0.2, 0) is 0 Å². The van der Waals surface area contributed by atoms with Gasteiger partial charge in [0, 0.05) is 5.02 Å². The van der Waals surface area contributed by atoms with Gasteiger partial charge in [0.1, 0.15) is 5.82 Å². The molecule has 2 N–H and O–H groups in total. The molecule has 2 aromatic carbocycles. The van der Waals surface area contributed by atoms with Crippen molar-refractivity contribution in [1.82, 2.24) is 0 Å². The zero-order valence-corrected chi connectivity index (χ0v) is 11.9. The Morgan fingerprint density at radius 3 is 2.65 bits per heavy atom. The van der Waals surface area contributed by atoms with Gasteiger partial charge in [0.15, 0.2) is 5.75 Å². The standard InChI is InChI=1S/C14H10Cl2FNO2/c1-7-2-3-11(17)9(4-7)14(20)18-12-6-8(15)5-10(16)13(12)19/h2-6,19H,1H3,(H,18,20). The van der Waals surface area contributed by atoms with Gasteiger partial charge in [0.2, 0.25) is 0 Å². The predicted molar refractivity (Wildman–Crippen MR) is 77.2 cm³/mol. The lowest BCUT2D eigenvalue weighted by Gasteiger charge is -2.10. The van der Waals surface area contributed by atoms with Gasteiger partial charge in [0.25, 0.3) is 5.91 Å². The fraction of sp³-hybridized carbons (Fsp3) is 0.0714. The molecule has 0 saturated heterocycles. The molecular formula is C14H10Cl2FNO2. The summed E-state index contributed by atoms with van der Waals surface area (Å²) in [6.07, 6.45) is 0. The highest BCUT2D eigenvalue weighted by Gasteiger charge is 2.15. The van der Waals surface area contributed by atoms with Gasteiger partial charge in [-0.1, -0.05) is 34.8 Å². The van der Waals surface area contributed by atoms with Crippen LogP contribution in [0.2, 0.25) is 10.0 Å². The average molecular weight is 314 g/mol. The number of hydrogen-bond acceptors (Lipinski definition) is 2. The van der Waals surface area contributed by atoms with Crippen LogP contribution in [0.5, 0.6) is 5.75 Å². The third kappa shape index (κ3) is 3.03. The monoisotopic (exact) mass is 313 g/mol. The van der Waals surface area contributed by atoms with Gasteiger partial charge < -0.3 is 10.4 Å². The van der Waals surface area contributed by atoms with E-state index in [-0.39, 0.29) is 27.0 Å². The number of aryl methyl sites for hydroxylation is 1. The van der Waals surface area contributed by atoms with Gasteiger partial charge in [0.05, 0.1) is 16.3 Å². The molecule has 0 aliphatic rings.